The van der Waals surface area contributed by atoms with Crippen LogP contribution < -0.4 is 5.32 Å². The molecule has 0 spiro atoms. The molecular formula is C11H17N3O3. The Bertz CT molecular complexity index is 387. The predicted octanol–water partition coefficient (Wildman–Crippen LogP) is 1.09. The largest absolute Gasteiger partial charge is 0.481 e. The van der Waals surface area contributed by atoms with Crippen LogP contribution >= 0.6 is 0 Å². The number of aromatic amines is 1. The van der Waals surface area contributed by atoms with Crippen LogP contribution in [0.5, 0.6) is 0 Å². The summed E-state index contributed by atoms with van der Waals surface area (Å²) in [6.45, 7) is 2.35. The number of carbonyl (C=O) groups excluding carboxylic acids is 1. The molecule has 1 rings (SSSR count). The van der Waals surface area contributed by atoms with Crippen LogP contribution in [0.4, 0.5) is 0 Å². The van der Waals surface area contributed by atoms with Gasteiger partial charge in [0.15, 0.2) is 0 Å². The minimum atomic E-state index is -0.775. The first-order valence-corrected chi connectivity index (χ1v) is 5.61. The van der Waals surface area contributed by atoms with Crippen LogP contribution in [-0.4, -0.2) is 33.7 Å². The molecule has 0 aromatic carbocycles. The first-order valence-electron chi connectivity index (χ1n) is 5.61. The van der Waals surface area contributed by atoms with E-state index >= 15 is 0 Å². The summed E-state index contributed by atoms with van der Waals surface area (Å²) in [5, 5.41) is 17.7. The number of nitrogens with zero attached hydrogens (tertiary/aromatic N) is 1. The first-order chi connectivity index (χ1) is 8.11. The Morgan fingerprint density at radius 3 is 2.76 bits per heavy atom. The van der Waals surface area contributed by atoms with Crippen molar-refractivity contribution in [1.29, 1.82) is 0 Å². The van der Waals surface area contributed by atoms with E-state index in [4.69, 9.17) is 5.11 Å². The average Bonchev–Trinajstić information content (AvgIpc) is 2.69. The van der Waals surface area contributed by atoms with Crippen LogP contribution in [0.1, 0.15) is 41.7 Å². The van der Waals surface area contributed by atoms with E-state index < -0.39 is 5.97 Å². The van der Waals surface area contributed by atoms with Crippen molar-refractivity contribution in [2.45, 2.75) is 32.6 Å². The van der Waals surface area contributed by atoms with Gasteiger partial charge in [-0.05, 0) is 19.8 Å². The second-order valence-electron chi connectivity index (χ2n) is 3.87. The Kier molecular flexibility index (Phi) is 5.19. The van der Waals surface area contributed by atoms with Crippen molar-refractivity contribution in [2.24, 2.45) is 0 Å². The zero-order valence-electron chi connectivity index (χ0n) is 9.82. The predicted molar refractivity (Wildman–Crippen MR) is 61.8 cm³/mol. The van der Waals surface area contributed by atoms with Gasteiger partial charge in [0.2, 0.25) is 0 Å². The number of aromatic nitrogens is 2. The molecule has 0 bridgehead atoms. The summed E-state index contributed by atoms with van der Waals surface area (Å²) < 4.78 is 0. The van der Waals surface area contributed by atoms with Gasteiger partial charge in [-0.1, -0.05) is 6.42 Å². The lowest BCUT2D eigenvalue weighted by molar-refractivity contribution is -0.137. The molecule has 1 heterocycles. The van der Waals surface area contributed by atoms with Gasteiger partial charge in [-0.25, -0.2) is 0 Å². The van der Waals surface area contributed by atoms with E-state index in [-0.39, 0.29) is 12.3 Å². The minimum Gasteiger partial charge on any atom is -0.481 e. The molecule has 1 aromatic rings. The Hall–Kier alpha value is -1.85. The van der Waals surface area contributed by atoms with Gasteiger partial charge in [0, 0.05) is 18.7 Å². The first kappa shape index (κ1) is 13.2. The number of aliphatic carboxylic acids is 1. The van der Waals surface area contributed by atoms with E-state index in [2.05, 4.69) is 15.5 Å². The number of nitrogens with one attached hydrogen (secondary N) is 2. The van der Waals surface area contributed by atoms with Crippen LogP contribution in [-0.2, 0) is 4.79 Å². The molecule has 0 aliphatic carbocycles. The topological polar surface area (TPSA) is 95.1 Å². The zero-order valence-corrected chi connectivity index (χ0v) is 9.82. The van der Waals surface area contributed by atoms with Gasteiger partial charge in [0.25, 0.3) is 5.91 Å². The van der Waals surface area contributed by atoms with E-state index in [1.807, 2.05) is 0 Å². The van der Waals surface area contributed by atoms with Crippen LogP contribution in [0.25, 0.3) is 0 Å². The third kappa shape index (κ3) is 4.67. The summed E-state index contributed by atoms with van der Waals surface area (Å²) in [6.07, 6.45) is 3.92. The molecule has 6 nitrogen and oxygen atoms in total. The normalized spacial score (nSPS) is 10.2. The molecule has 0 unspecified atom stereocenters. The number of hydrogen-bond acceptors (Lipinski definition) is 3. The summed E-state index contributed by atoms with van der Waals surface area (Å²) in [6, 6.07) is 0. The van der Waals surface area contributed by atoms with E-state index in [0.29, 0.717) is 18.5 Å². The van der Waals surface area contributed by atoms with Gasteiger partial charge in [-0.2, -0.15) is 5.10 Å². The summed E-state index contributed by atoms with van der Waals surface area (Å²) in [4.78, 5) is 21.9. The number of rotatable bonds is 7. The van der Waals surface area contributed by atoms with Crippen molar-refractivity contribution in [2.75, 3.05) is 6.54 Å². The van der Waals surface area contributed by atoms with E-state index in [9.17, 15) is 9.59 Å². The number of H-pyrrole nitrogens is 1. The van der Waals surface area contributed by atoms with E-state index in [1.54, 1.807) is 6.92 Å². The molecule has 1 amide bonds. The molecule has 94 valence electrons. The van der Waals surface area contributed by atoms with Crippen molar-refractivity contribution in [3.05, 3.63) is 17.5 Å². The SMILES string of the molecule is Cc1[nH]ncc1C(=O)NCCCCCC(=O)O. The minimum absolute atomic E-state index is 0.144. The van der Waals surface area contributed by atoms with Gasteiger partial charge in [-0.15, -0.1) is 0 Å². The van der Waals surface area contributed by atoms with Crippen molar-refractivity contribution < 1.29 is 14.7 Å². The second-order valence-corrected chi connectivity index (χ2v) is 3.87. The molecule has 0 fully saturated rings. The van der Waals surface area contributed by atoms with Crippen LogP contribution in [0.15, 0.2) is 6.20 Å². The van der Waals surface area contributed by atoms with Crippen LogP contribution in [0.2, 0.25) is 0 Å². The number of aryl methyl sites for hydroxylation is 1. The Morgan fingerprint density at radius 1 is 1.41 bits per heavy atom. The quantitative estimate of drug-likeness (QED) is 0.621. The van der Waals surface area contributed by atoms with Gasteiger partial charge in [0.05, 0.1) is 11.8 Å². The summed E-state index contributed by atoms with van der Waals surface area (Å²) in [5.41, 5.74) is 1.30. The molecule has 1 aromatic heterocycles. The zero-order chi connectivity index (χ0) is 12.7. The number of unbranched alkanes of at least 4 members (excludes halogenated alkanes) is 2. The van der Waals surface area contributed by atoms with Crippen LogP contribution in [0, 0.1) is 6.92 Å². The third-order valence-electron chi connectivity index (χ3n) is 2.43. The number of hydrogen-bond donors (Lipinski definition) is 3. The van der Waals surface area contributed by atoms with Gasteiger partial charge < -0.3 is 10.4 Å². The lowest BCUT2D eigenvalue weighted by Gasteiger charge is -2.03. The smallest absolute Gasteiger partial charge is 0.303 e. The van der Waals surface area contributed by atoms with Gasteiger partial charge in [0.1, 0.15) is 0 Å². The Morgan fingerprint density at radius 2 is 2.18 bits per heavy atom. The maximum absolute atomic E-state index is 11.6. The standard InChI is InChI=1S/C11H17N3O3/c1-8-9(7-13-14-8)11(17)12-6-4-2-3-5-10(15)16/h7H,2-6H2,1H3,(H,12,17)(H,13,14)(H,15,16). The molecule has 17 heavy (non-hydrogen) atoms. The van der Waals surface area contributed by atoms with E-state index in [1.165, 1.54) is 6.20 Å². The molecule has 0 radical (unpaired) electrons. The highest BCUT2D eigenvalue weighted by Gasteiger charge is 2.09. The maximum Gasteiger partial charge on any atom is 0.303 e. The van der Waals surface area contributed by atoms with Crippen LogP contribution in [0.3, 0.4) is 0 Å². The van der Waals surface area contributed by atoms with Crippen molar-refractivity contribution in [1.82, 2.24) is 15.5 Å². The fraction of sp³-hybridized carbons (Fsp3) is 0.545. The second kappa shape index (κ2) is 6.67. The summed E-state index contributed by atoms with van der Waals surface area (Å²) in [5.74, 6) is -0.919. The number of amides is 1. The monoisotopic (exact) mass is 239 g/mol. The maximum atomic E-state index is 11.6. The molecule has 6 heteroatoms. The molecule has 0 aliphatic heterocycles. The lowest BCUT2D eigenvalue weighted by Crippen LogP contribution is -2.24. The molecule has 0 saturated heterocycles. The molecule has 0 saturated carbocycles. The Balaban J connectivity index is 2.13. The van der Waals surface area contributed by atoms with E-state index in [0.717, 1.165) is 18.5 Å². The highest BCUT2D eigenvalue weighted by atomic mass is 16.4. The van der Waals surface area contributed by atoms with Crippen molar-refractivity contribution in [3.8, 4) is 0 Å². The highest BCUT2D eigenvalue weighted by molar-refractivity contribution is 5.94. The van der Waals surface area contributed by atoms with Gasteiger partial charge in [-0.3, -0.25) is 14.7 Å². The fourth-order valence-electron chi connectivity index (χ4n) is 1.45. The fourth-order valence-corrected chi connectivity index (χ4v) is 1.45. The average molecular weight is 239 g/mol. The van der Waals surface area contributed by atoms with Crippen molar-refractivity contribution >= 4 is 11.9 Å². The number of carbonyl (C=O) groups is 2. The van der Waals surface area contributed by atoms with Gasteiger partial charge >= 0.3 is 5.97 Å². The molecule has 0 aliphatic rings. The third-order valence-corrected chi connectivity index (χ3v) is 2.43. The summed E-state index contributed by atoms with van der Waals surface area (Å²) >= 11 is 0. The number of carboxylic acid groups (broad SMARTS) is 1. The summed E-state index contributed by atoms with van der Waals surface area (Å²) in [7, 11) is 0. The van der Waals surface area contributed by atoms with Crippen molar-refractivity contribution in [3.63, 3.8) is 0 Å². The molecular weight excluding hydrogens is 222 g/mol. The Labute approximate surface area is 99.4 Å². The number of carboxylic acids is 1. The molecule has 3 N–H and O–H groups in total. The highest BCUT2D eigenvalue weighted by Crippen LogP contribution is 2.02. The lowest BCUT2D eigenvalue weighted by atomic mass is 10.2. The molecule has 0 atom stereocenters.